The Morgan fingerprint density at radius 3 is 2.62 bits per heavy atom. The van der Waals surface area contributed by atoms with Gasteiger partial charge in [-0.2, -0.15) is 4.68 Å². The molecule has 112 valence electrons. The molecule has 0 spiro atoms. The summed E-state index contributed by atoms with van der Waals surface area (Å²) in [5.41, 5.74) is 0.552. The molecule has 2 heterocycles. The van der Waals surface area contributed by atoms with Gasteiger partial charge < -0.3 is 14.9 Å². The van der Waals surface area contributed by atoms with Crippen molar-refractivity contribution in [2.45, 2.75) is 20.4 Å². The maximum absolute atomic E-state index is 12.9. The van der Waals surface area contributed by atoms with E-state index in [1.54, 1.807) is 0 Å². The second-order valence-corrected chi connectivity index (χ2v) is 4.98. The van der Waals surface area contributed by atoms with Gasteiger partial charge in [0.2, 0.25) is 0 Å². The van der Waals surface area contributed by atoms with E-state index in [9.17, 15) is 19.3 Å². The van der Waals surface area contributed by atoms with Crippen LogP contribution in [0.3, 0.4) is 0 Å². The molecule has 0 bridgehead atoms. The van der Waals surface area contributed by atoms with Gasteiger partial charge >= 0.3 is 5.82 Å². The number of hydrogen-bond acceptors (Lipinski definition) is 5. The van der Waals surface area contributed by atoms with Crippen LogP contribution >= 0.6 is 15.9 Å². The SMILES string of the molecule is CC(C)=O.O=[N+]([O-])c1ccn(Cc2cc(Br)c(F)cn2)n1. The Kier molecular flexibility index (Phi) is 6.10. The van der Waals surface area contributed by atoms with Crippen LogP contribution in [0.25, 0.3) is 0 Å². The molecule has 0 aliphatic carbocycles. The molecule has 0 aliphatic rings. The lowest BCUT2D eigenvalue weighted by Crippen LogP contribution is -2.03. The van der Waals surface area contributed by atoms with Gasteiger partial charge in [0.1, 0.15) is 12.3 Å². The first-order valence-electron chi connectivity index (χ1n) is 5.74. The Labute approximate surface area is 128 Å². The van der Waals surface area contributed by atoms with E-state index in [2.05, 4.69) is 26.0 Å². The van der Waals surface area contributed by atoms with Crippen molar-refractivity contribution >= 4 is 27.5 Å². The summed E-state index contributed by atoms with van der Waals surface area (Å²) >= 11 is 3.03. The third kappa shape index (κ3) is 5.78. The van der Waals surface area contributed by atoms with Crippen molar-refractivity contribution < 1.29 is 14.1 Å². The molecule has 0 amide bonds. The minimum Gasteiger partial charge on any atom is -0.358 e. The van der Waals surface area contributed by atoms with Crippen molar-refractivity contribution in [3.8, 4) is 0 Å². The largest absolute Gasteiger partial charge is 0.389 e. The van der Waals surface area contributed by atoms with E-state index >= 15 is 0 Å². The van der Waals surface area contributed by atoms with E-state index in [0.717, 1.165) is 6.20 Å². The molecular weight excluding hydrogens is 347 g/mol. The van der Waals surface area contributed by atoms with Crippen LogP contribution in [0, 0.1) is 15.9 Å². The highest BCUT2D eigenvalue weighted by molar-refractivity contribution is 9.10. The van der Waals surface area contributed by atoms with E-state index < -0.39 is 10.7 Å². The van der Waals surface area contributed by atoms with E-state index in [0.29, 0.717) is 10.2 Å². The Morgan fingerprint density at radius 1 is 1.52 bits per heavy atom. The van der Waals surface area contributed by atoms with Gasteiger partial charge in [-0.15, -0.1) is 0 Å². The summed E-state index contributed by atoms with van der Waals surface area (Å²) in [7, 11) is 0. The fourth-order valence-corrected chi connectivity index (χ4v) is 1.61. The standard InChI is InChI=1S/C9H6BrFN4O2.C3H6O/c10-7-3-6(12-4-8(7)11)5-14-2-1-9(13-14)15(16)17;1-3(2)4/h1-4H,5H2;1-2H3. The fourth-order valence-electron chi connectivity index (χ4n) is 1.24. The van der Waals surface area contributed by atoms with Crippen molar-refractivity contribution in [1.29, 1.82) is 0 Å². The van der Waals surface area contributed by atoms with Gasteiger partial charge in [-0.05, 0) is 40.8 Å². The predicted molar refractivity (Wildman–Crippen MR) is 76.2 cm³/mol. The number of pyridine rings is 1. The second-order valence-electron chi connectivity index (χ2n) is 4.13. The van der Waals surface area contributed by atoms with E-state index in [-0.39, 0.29) is 18.1 Å². The zero-order valence-corrected chi connectivity index (χ0v) is 12.9. The molecule has 0 saturated carbocycles. The Bertz CT molecular complexity index is 656. The van der Waals surface area contributed by atoms with Gasteiger partial charge in [0.05, 0.1) is 33.7 Å². The topological polar surface area (TPSA) is 90.9 Å². The fraction of sp³-hybridized carbons (Fsp3) is 0.250. The van der Waals surface area contributed by atoms with Crippen molar-refractivity contribution in [1.82, 2.24) is 14.8 Å². The molecule has 0 saturated heterocycles. The Balaban J connectivity index is 0.000000491. The minimum absolute atomic E-state index is 0.167. The molecule has 0 radical (unpaired) electrons. The molecule has 0 fully saturated rings. The quantitative estimate of drug-likeness (QED) is 0.621. The first kappa shape index (κ1) is 16.9. The number of carbonyl (C=O) groups excluding carboxylic acids is 1. The zero-order chi connectivity index (χ0) is 16.0. The number of halogens is 2. The van der Waals surface area contributed by atoms with E-state index in [1.165, 1.54) is 36.9 Å². The normalized spacial score (nSPS) is 9.71. The van der Waals surface area contributed by atoms with Crippen LogP contribution in [-0.2, 0) is 11.3 Å². The maximum atomic E-state index is 12.9. The zero-order valence-electron chi connectivity index (χ0n) is 11.3. The average Bonchev–Trinajstić information content (AvgIpc) is 2.82. The molecule has 0 N–H and O–H groups in total. The van der Waals surface area contributed by atoms with Gasteiger partial charge in [-0.25, -0.2) is 4.39 Å². The molecular formula is C12H12BrFN4O3. The maximum Gasteiger partial charge on any atom is 0.389 e. The van der Waals surface area contributed by atoms with E-state index in [4.69, 9.17) is 0 Å². The lowest BCUT2D eigenvalue weighted by Gasteiger charge is -1.99. The first-order valence-corrected chi connectivity index (χ1v) is 6.54. The number of nitro groups is 1. The molecule has 21 heavy (non-hydrogen) atoms. The minimum atomic E-state index is -0.579. The summed E-state index contributed by atoms with van der Waals surface area (Å²) in [5, 5.41) is 14.1. The number of Topliss-reactive ketones (excluding diaryl/α,β-unsaturated/α-hetero) is 1. The molecule has 0 atom stereocenters. The number of aromatic nitrogens is 3. The summed E-state index contributed by atoms with van der Waals surface area (Å²) in [6.07, 6.45) is 2.55. The number of hydrogen-bond donors (Lipinski definition) is 0. The third-order valence-electron chi connectivity index (χ3n) is 2.00. The van der Waals surface area contributed by atoms with Crippen LogP contribution in [0.2, 0.25) is 0 Å². The molecule has 0 aromatic carbocycles. The Hall–Kier alpha value is -2.16. The summed E-state index contributed by atoms with van der Waals surface area (Å²) in [4.78, 5) is 23.1. The average molecular weight is 359 g/mol. The lowest BCUT2D eigenvalue weighted by atomic mass is 10.3. The highest BCUT2D eigenvalue weighted by Gasteiger charge is 2.11. The lowest BCUT2D eigenvalue weighted by molar-refractivity contribution is -0.389. The molecule has 2 aromatic heterocycles. The van der Waals surface area contributed by atoms with Crippen molar-refractivity contribution in [3.63, 3.8) is 0 Å². The summed E-state index contributed by atoms with van der Waals surface area (Å²) < 4.78 is 14.6. The van der Waals surface area contributed by atoms with Crippen molar-refractivity contribution in [2.24, 2.45) is 0 Å². The van der Waals surface area contributed by atoms with E-state index in [1.807, 2.05) is 0 Å². The van der Waals surface area contributed by atoms with Crippen LogP contribution < -0.4 is 0 Å². The van der Waals surface area contributed by atoms with Crippen LogP contribution in [0.15, 0.2) is 29.0 Å². The van der Waals surface area contributed by atoms with Crippen molar-refractivity contribution in [2.75, 3.05) is 0 Å². The summed E-state index contributed by atoms with van der Waals surface area (Å²) in [5.74, 6) is -0.522. The molecule has 2 aromatic rings. The molecule has 0 aliphatic heterocycles. The van der Waals surface area contributed by atoms with Gasteiger partial charge in [0.15, 0.2) is 5.82 Å². The van der Waals surface area contributed by atoms with Crippen LogP contribution in [-0.4, -0.2) is 25.5 Å². The molecule has 0 unspecified atom stereocenters. The molecule has 2 rings (SSSR count). The summed E-state index contributed by atoms with van der Waals surface area (Å²) in [6, 6.07) is 2.79. The highest BCUT2D eigenvalue weighted by atomic mass is 79.9. The van der Waals surface area contributed by atoms with Crippen molar-refractivity contribution in [3.05, 3.63) is 50.6 Å². The van der Waals surface area contributed by atoms with Gasteiger partial charge in [0.25, 0.3) is 0 Å². The number of carbonyl (C=O) groups is 1. The highest BCUT2D eigenvalue weighted by Crippen LogP contribution is 2.15. The van der Waals surface area contributed by atoms with Crippen LogP contribution in [0.1, 0.15) is 19.5 Å². The Morgan fingerprint density at radius 2 is 2.14 bits per heavy atom. The monoisotopic (exact) mass is 358 g/mol. The summed E-state index contributed by atoms with van der Waals surface area (Å²) in [6.45, 7) is 3.30. The van der Waals surface area contributed by atoms with Crippen LogP contribution in [0.4, 0.5) is 10.2 Å². The molecule has 7 nitrogen and oxygen atoms in total. The van der Waals surface area contributed by atoms with Crippen LogP contribution in [0.5, 0.6) is 0 Å². The first-order chi connectivity index (χ1) is 9.79. The molecule has 9 heteroatoms. The third-order valence-corrected chi connectivity index (χ3v) is 2.61. The smallest absolute Gasteiger partial charge is 0.358 e. The number of ketones is 1. The van der Waals surface area contributed by atoms with Gasteiger partial charge in [-0.3, -0.25) is 4.98 Å². The number of nitrogens with zero attached hydrogens (tertiary/aromatic N) is 4. The predicted octanol–water partition coefficient (Wildman–Crippen LogP) is 2.73. The van der Waals surface area contributed by atoms with Gasteiger partial charge in [0, 0.05) is 0 Å². The van der Waals surface area contributed by atoms with Gasteiger partial charge in [-0.1, -0.05) is 0 Å². The second kappa shape index (κ2) is 7.58. The number of rotatable bonds is 3.